The Morgan fingerprint density at radius 1 is 1.28 bits per heavy atom. The normalized spacial score (nSPS) is 13.6. The number of anilines is 1. The highest BCUT2D eigenvalue weighted by Crippen LogP contribution is 2.21. The van der Waals surface area contributed by atoms with Crippen molar-refractivity contribution in [1.29, 1.82) is 0 Å². The molecule has 0 saturated heterocycles. The van der Waals surface area contributed by atoms with Crippen molar-refractivity contribution in [2.45, 2.75) is 25.8 Å². The monoisotopic (exact) mass is 241 g/mol. The smallest absolute Gasteiger partial charge is 0.251 e. The number of hydrogen-bond acceptors (Lipinski definition) is 3. The van der Waals surface area contributed by atoms with Gasteiger partial charge < -0.3 is 10.3 Å². The van der Waals surface area contributed by atoms with Gasteiger partial charge in [0.15, 0.2) is 0 Å². The number of pyridine rings is 2. The molecule has 1 aliphatic rings. The fourth-order valence-electron chi connectivity index (χ4n) is 2.56. The van der Waals surface area contributed by atoms with Crippen LogP contribution in [-0.4, -0.2) is 9.55 Å². The molecule has 0 radical (unpaired) electrons. The maximum absolute atomic E-state index is 12.0. The van der Waals surface area contributed by atoms with Gasteiger partial charge in [0, 0.05) is 23.5 Å². The molecule has 0 bridgehead atoms. The van der Waals surface area contributed by atoms with E-state index in [0.717, 1.165) is 30.5 Å². The zero-order valence-electron chi connectivity index (χ0n) is 10.1. The van der Waals surface area contributed by atoms with E-state index in [9.17, 15) is 4.79 Å². The summed E-state index contributed by atoms with van der Waals surface area (Å²) < 4.78 is 1.83. The van der Waals surface area contributed by atoms with Gasteiger partial charge in [0.2, 0.25) is 0 Å². The molecule has 0 amide bonds. The standard InChI is InChI=1S/C14H15N3O/c15-14-11(4-2-8-16-14)9-17-12-5-1-3-10(12)6-7-13(17)18/h2,4,6-8H,1,3,5,9H2,(H2,15,16). The van der Waals surface area contributed by atoms with Crippen molar-refractivity contribution in [3.63, 3.8) is 0 Å². The Bertz CT molecular complexity index is 646. The third-order valence-electron chi connectivity index (χ3n) is 3.50. The maximum atomic E-state index is 12.0. The Hall–Kier alpha value is -2.10. The Morgan fingerprint density at radius 2 is 2.17 bits per heavy atom. The summed E-state index contributed by atoms with van der Waals surface area (Å²) >= 11 is 0. The van der Waals surface area contributed by atoms with Gasteiger partial charge in [-0.15, -0.1) is 0 Å². The average Bonchev–Trinajstić information content (AvgIpc) is 2.83. The predicted molar refractivity (Wildman–Crippen MR) is 70.5 cm³/mol. The number of rotatable bonds is 2. The number of nitrogen functional groups attached to an aromatic ring is 1. The van der Waals surface area contributed by atoms with Crippen molar-refractivity contribution in [3.8, 4) is 0 Å². The molecular formula is C14H15N3O. The number of nitrogens with zero attached hydrogens (tertiary/aromatic N) is 2. The van der Waals surface area contributed by atoms with Gasteiger partial charge in [0.1, 0.15) is 5.82 Å². The highest BCUT2D eigenvalue weighted by molar-refractivity contribution is 5.39. The van der Waals surface area contributed by atoms with Crippen LogP contribution in [0.1, 0.15) is 23.2 Å². The van der Waals surface area contributed by atoms with E-state index in [4.69, 9.17) is 5.73 Å². The minimum absolute atomic E-state index is 0.0407. The number of nitrogens with two attached hydrogens (primary N) is 1. The lowest BCUT2D eigenvalue weighted by Gasteiger charge is -2.12. The van der Waals surface area contributed by atoms with Gasteiger partial charge in [-0.1, -0.05) is 12.1 Å². The van der Waals surface area contributed by atoms with Gasteiger partial charge in [-0.2, -0.15) is 0 Å². The molecule has 2 heterocycles. The first-order chi connectivity index (χ1) is 8.75. The molecule has 4 heteroatoms. The molecule has 18 heavy (non-hydrogen) atoms. The molecular weight excluding hydrogens is 226 g/mol. The van der Waals surface area contributed by atoms with Crippen molar-refractivity contribution < 1.29 is 0 Å². The van der Waals surface area contributed by atoms with Gasteiger partial charge in [0.05, 0.1) is 6.54 Å². The predicted octanol–water partition coefficient (Wildman–Crippen LogP) is 1.36. The number of aromatic nitrogens is 2. The van der Waals surface area contributed by atoms with E-state index >= 15 is 0 Å². The summed E-state index contributed by atoms with van der Waals surface area (Å²) in [5.74, 6) is 0.500. The minimum Gasteiger partial charge on any atom is -0.383 e. The minimum atomic E-state index is 0.0407. The van der Waals surface area contributed by atoms with Crippen LogP contribution in [0.15, 0.2) is 35.3 Å². The Kier molecular flexibility index (Phi) is 2.63. The summed E-state index contributed by atoms with van der Waals surface area (Å²) in [6, 6.07) is 7.37. The van der Waals surface area contributed by atoms with E-state index < -0.39 is 0 Å². The lowest BCUT2D eigenvalue weighted by atomic mass is 10.2. The van der Waals surface area contributed by atoms with Crippen molar-refractivity contribution in [3.05, 3.63) is 57.6 Å². The Labute approximate surface area is 105 Å². The molecule has 0 atom stereocenters. The fourth-order valence-corrected chi connectivity index (χ4v) is 2.56. The number of fused-ring (bicyclic) bond motifs is 1. The van der Waals surface area contributed by atoms with E-state index in [2.05, 4.69) is 4.98 Å². The SMILES string of the molecule is Nc1ncccc1Cn1c2c(ccc1=O)CCC2. The van der Waals surface area contributed by atoms with E-state index in [-0.39, 0.29) is 5.56 Å². The molecule has 92 valence electrons. The van der Waals surface area contributed by atoms with Gasteiger partial charge in [-0.05, 0) is 30.9 Å². The average molecular weight is 241 g/mol. The summed E-state index contributed by atoms with van der Waals surface area (Å²) in [7, 11) is 0. The molecule has 0 unspecified atom stereocenters. The summed E-state index contributed by atoms with van der Waals surface area (Å²) in [5.41, 5.74) is 9.23. The van der Waals surface area contributed by atoms with E-state index in [0.29, 0.717) is 12.4 Å². The van der Waals surface area contributed by atoms with Crippen LogP contribution in [0.25, 0.3) is 0 Å². The molecule has 2 N–H and O–H groups in total. The molecule has 0 aliphatic heterocycles. The van der Waals surface area contributed by atoms with Gasteiger partial charge >= 0.3 is 0 Å². The molecule has 3 rings (SSSR count). The maximum Gasteiger partial charge on any atom is 0.251 e. The molecule has 0 saturated carbocycles. The topological polar surface area (TPSA) is 60.9 Å². The first kappa shape index (κ1) is 11.0. The largest absolute Gasteiger partial charge is 0.383 e. The van der Waals surface area contributed by atoms with E-state index in [1.165, 1.54) is 5.56 Å². The van der Waals surface area contributed by atoms with Crippen LogP contribution < -0.4 is 11.3 Å². The number of aryl methyl sites for hydroxylation is 1. The second-order valence-corrected chi connectivity index (χ2v) is 4.63. The van der Waals surface area contributed by atoms with Crippen molar-refractivity contribution in [2.75, 3.05) is 5.73 Å². The summed E-state index contributed by atoms with van der Waals surface area (Å²) in [4.78, 5) is 16.1. The van der Waals surface area contributed by atoms with Gasteiger partial charge in [-0.25, -0.2) is 4.98 Å². The highest BCUT2D eigenvalue weighted by Gasteiger charge is 2.16. The molecule has 2 aromatic rings. The van der Waals surface area contributed by atoms with Crippen molar-refractivity contribution in [1.82, 2.24) is 9.55 Å². The summed E-state index contributed by atoms with van der Waals surface area (Å²) in [6.07, 6.45) is 4.84. The fraction of sp³-hybridized carbons (Fsp3) is 0.286. The van der Waals surface area contributed by atoms with Crippen LogP contribution in [0.2, 0.25) is 0 Å². The second-order valence-electron chi connectivity index (χ2n) is 4.63. The Balaban J connectivity index is 2.06. The van der Waals surface area contributed by atoms with Crippen LogP contribution in [0.3, 0.4) is 0 Å². The zero-order valence-corrected chi connectivity index (χ0v) is 10.1. The van der Waals surface area contributed by atoms with Crippen molar-refractivity contribution >= 4 is 5.82 Å². The number of hydrogen-bond donors (Lipinski definition) is 1. The van der Waals surface area contributed by atoms with Crippen molar-refractivity contribution in [2.24, 2.45) is 0 Å². The van der Waals surface area contributed by atoms with Crippen LogP contribution in [0.5, 0.6) is 0 Å². The first-order valence-electron chi connectivity index (χ1n) is 6.16. The van der Waals surface area contributed by atoms with Crippen LogP contribution in [0, 0.1) is 0 Å². The van der Waals surface area contributed by atoms with Crippen LogP contribution >= 0.6 is 0 Å². The van der Waals surface area contributed by atoms with E-state index in [1.807, 2.05) is 22.8 Å². The quantitative estimate of drug-likeness (QED) is 0.863. The van der Waals surface area contributed by atoms with Crippen LogP contribution in [0.4, 0.5) is 5.82 Å². The molecule has 0 fully saturated rings. The van der Waals surface area contributed by atoms with E-state index in [1.54, 1.807) is 12.3 Å². The molecule has 2 aromatic heterocycles. The molecule has 0 spiro atoms. The van der Waals surface area contributed by atoms with Gasteiger partial charge in [0.25, 0.3) is 5.56 Å². The highest BCUT2D eigenvalue weighted by atomic mass is 16.1. The first-order valence-corrected chi connectivity index (χ1v) is 6.16. The Morgan fingerprint density at radius 3 is 3.00 bits per heavy atom. The molecule has 1 aliphatic carbocycles. The molecule has 4 nitrogen and oxygen atoms in total. The van der Waals surface area contributed by atoms with Gasteiger partial charge in [-0.3, -0.25) is 4.79 Å². The lowest BCUT2D eigenvalue weighted by Crippen LogP contribution is -2.23. The summed E-state index contributed by atoms with van der Waals surface area (Å²) in [6.45, 7) is 0.516. The second kappa shape index (κ2) is 4.29. The lowest BCUT2D eigenvalue weighted by molar-refractivity contribution is 0.707. The van der Waals surface area contributed by atoms with Crippen LogP contribution in [-0.2, 0) is 19.4 Å². The third kappa shape index (κ3) is 1.79. The third-order valence-corrected chi connectivity index (χ3v) is 3.50. The summed E-state index contributed by atoms with van der Waals surface area (Å²) in [5, 5.41) is 0. The molecule has 0 aromatic carbocycles. The zero-order chi connectivity index (χ0) is 12.5.